The Morgan fingerprint density at radius 3 is 2.65 bits per heavy atom. The monoisotopic (exact) mass is 276 g/mol. The summed E-state index contributed by atoms with van der Waals surface area (Å²) in [6.45, 7) is 4.79. The summed E-state index contributed by atoms with van der Waals surface area (Å²) in [4.78, 5) is 12.8. The molecule has 1 aliphatic carbocycles. The highest BCUT2D eigenvalue weighted by molar-refractivity contribution is 5.84. The average molecular weight is 276 g/mol. The van der Waals surface area contributed by atoms with Crippen molar-refractivity contribution in [2.24, 2.45) is 5.41 Å². The minimum atomic E-state index is -0.505. The Morgan fingerprint density at radius 2 is 2.10 bits per heavy atom. The van der Waals surface area contributed by atoms with Gasteiger partial charge in [-0.15, -0.1) is 0 Å². The van der Waals surface area contributed by atoms with Gasteiger partial charge < -0.3 is 10.6 Å². The molecule has 1 aliphatic heterocycles. The maximum Gasteiger partial charge on any atom is 0.248 e. The zero-order valence-corrected chi connectivity index (χ0v) is 12.2. The van der Waals surface area contributed by atoms with E-state index >= 15 is 0 Å². The lowest BCUT2D eigenvalue weighted by atomic mass is 9.70. The molecule has 5 heteroatoms. The summed E-state index contributed by atoms with van der Waals surface area (Å²) in [5.74, 6) is 0.135. The molecule has 1 saturated heterocycles. The molecular formula is C15H24N4O. The van der Waals surface area contributed by atoms with E-state index < -0.39 is 5.54 Å². The van der Waals surface area contributed by atoms with E-state index in [2.05, 4.69) is 22.7 Å². The highest BCUT2D eigenvalue weighted by Crippen LogP contribution is 2.39. The number of rotatable bonds is 4. The topological polar surface area (TPSA) is 59.0 Å². The van der Waals surface area contributed by atoms with Crippen molar-refractivity contribution in [1.29, 1.82) is 0 Å². The van der Waals surface area contributed by atoms with Crippen molar-refractivity contribution in [3.63, 3.8) is 0 Å². The van der Waals surface area contributed by atoms with Gasteiger partial charge in [0.15, 0.2) is 0 Å². The molecule has 2 aliphatic rings. The first-order valence-electron chi connectivity index (χ1n) is 7.64. The maximum atomic E-state index is 12.8. The number of hydrogen-bond acceptors (Lipinski definition) is 3. The van der Waals surface area contributed by atoms with Gasteiger partial charge in [0, 0.05) is 18.9 Å². The SMILES string of the molecule is CC1(CNC(=O)C2(n3cccn3)CCNCC2)CCC1. The van der Waals surface area contributed by atoms with Crippen LogP contribution in [-0.2, 0) is 10.3 Å². The van der Waals surface area contributed by atoms with Gasteiger partial charge in [-0.25, -0.2) is 0 Å². The van der Waals surface area contributed by atoms with Crippen LogP contribution in [0.3, 0.4) is 0 Å². The summed E-state index contributed by atoms with van der Waals surface area (Å²) in [5.41, 5.74) is -0.192. The third kappa shape index (κ3) is 2.35. The summed E-state index contributed by atoms with van der Waals surface area (Å²) in [7, 11) is 0. The first-order chi connectivity index (χ1) is 9.65. The summed E-state index contributed by atoms with van der Waals surface area (Å²) in [5, 5.41) is 10.9. The third-order valence-electron chi connectivity index (χ3n) is 5.03. The van der Waals surface area contributed by atoms with E-state index in [-0.39, 0.29) is 5.91 Å². The molecule has 5 nitrogen and oxygen atoms in total. The molecule has 2 fully saturated rings. The molecule has 0 bridgehead atoms. The highest BCUT2D eigenvalue weighted by Gasteiger charge is 2.43. The normalized spacial score (nSPS) is 23.9. The first kappa shape index (κ1) is 13.6. The fourth-order valence-corrected chi connectivity index (χ4v) is 3.34. The summed E-state index contributed by atoms with van der Waals surface area (Å²) >= 11 is 0. The van der Waals surface area contributed by atoms with Crippen molar-refractivity contribution in [3.05, 3.63) is 18.5 Å². The Kier molecular flexibility index (Phi) is 3.54. The van der Waals surface area contributed by atoms with Crippen molar-refractivity contribution in [3.8, 4) is 0 Å². The standard InChI is InChI=1S/C15H24N4O/c1-14(4-2-5-14)12-17-13(20)15(6-9-16-10-7-15)19-11-3-8-18-19/h3,8,11,16H,2,4-7,9-10,12H2,1H3,(H,17,20). The van der Waals surface area contributed by atoms with Gasteiger partial charge in [-0.3, -0.25) is 9.48 Å². The molecule has 0 spiro atoms. The molecular weight excluding hydrogens is 252 g/mol. The molecule has 20 heavy (non-hydrogen) atoms. The summed E-state index contributed by atoms with van der Waals surface area (Å²) in [6, 6.07) is 1.89. The van der Waals surface area contributed by atoms with E-state index in [0.717, 1.165) is 32.5 Å². The number of hydrogen-bond donors (Lipinski definition) is 2. The number of nitrogens with one attached hydrogen (secondary N) is 2. The predicted molar refractivity (Wildman–Crippen MR) is 77.3 cm³/mol. The molecule has 1 amide bonds. The molecule has 0 atom stereocenters. The lowest BCUT2D eigenvalue weighted by Gasteiger charge is -2.41. The van der Waals surface area contributed by atoms with E-state index in [1.165, 1.54) is 19.3 Å². The summed E-state index contributed by atoms with van der Waals surface area (Å²) in [6.07, 6.45) is 9.02. The zero-order valence-electron chi connectivity index (χ0n) is 12.2. The van der Waals surface area contributed by atoms with Gasteiger partial charge in [-0.05, 0) is 50.3 Å². The van der Waals surface area contributed by atoms with Crippen LogP contribution in [-0.4, -0.2) is 35.3 Å². The second-order valence-corrected chi connectivity index (χ2v) is 6.58. The van der Waals surface area contributed by atoms with E-state index in [4.69, 9.17) is 0 Å². The second-order valence-electron chi connectivity index (χ2n) is 6.58. The Labute approximate surface area is 120 Å². The Morgan fingerprint density at radius 1 is 1.35 bits per heavy atom. The van der Waals surface area contributed by atoms with E-state index in [9.17, 15) is 4.79 Å². The van der Waals surface area contributed by atoms with Gasteiger partial charge >= 0.3 is 0 Å². The number of carbonyl (C=O) groups excluding carboxylic acids is 1. The number of carbonyl (C=O) groups is 1. The predicted octanol–water partition coefficient (Wildman–Crippen LogP) is 1.27. The molecule has 2 heterocycles. The van der Waals surface area contributed by atoms with Gasteiger partial charge in [-0.2, -0.15) is 5.10 Å². The van der Waals surface area contributed by atoms with Gasteiger partial charge in [0.2, 0.25) is 5.91 Å². The van der Waals surface area contributed by atoms with Crippen molar-refractivity contribution < 1.29 is 4.79 Å². The van der Waals surface area contributed by atoms with Gasteiger partial charge in [0.25, 0.3) is 0 Å². The van der Waals surface area contributed by atoms with Crippen LogP contribution in [0.1, 0.15) is 39.0 Å². The molecule has 3 rings (SSSR count). The van der Waals surface area contributed by atoms with Crippen molar-refractivity contribution in [2.75, 3.05) is 19.6 Å². The quantitative estimate of drug-likeness (QED) is 0.870. The van der Waals surface area contributed by atoms with Crippen LogP contribution in [0.4, 0.5) is 0 Å². The smallest absolute Gasteiger partial charge is 0.248 e. The van der Waals surface area contributed by atoms with Crippen molar-refractivity contribution >= 4 is 5.91 Å². The minimum absolute atomic E-state index is 0.135. The van der Waals surface area contributed by atoms with Gasteiger partial charge in [0.05, 0.1) is 0 Å². The zero-order chi connectivity index (χ0) is 14.1. The highest BCUT2D eigenvalue weighted by atomic mass is 16.2. The Balaban J connectivity index is 1.73. The molecule has 0 radical (unpaired) electrons. The molecule has 1 aromatic rings. The molecule has 0 unspecified atom stereocenters. The molecule has 1 aromatic heterocycles. The lowest BCUT2D eigenvalue weighted by molar-refractivity contribution is -0.132. The third-order valence-corrected chi connectivity index (χ3v) is 5.03. The fourth-order valence-electron chi connectivity index (χ4n) is 3.34. The van der Waals surface area contributed by atoms with Crippen LogP contribution in [0.25, 0.3) is 0 Å². The number of piperidine rings is 1. The van der Waals surface area contributed by atoms with Crippen LogP contribution >= 0.6 is 0 Å². The average Bonchev–Trinajstić information content (AvgIpc) is 2.98. The number of nitrogens with zero attached hydrogens (tertiary/aromatic N) is 2. The number of amides is 1. The van der Waals surface area contributed by atoms with Crippen LogP contribution in [0.5, 0.6) is 0 Å². The Hall–Kier alpha value is -1.36. The van der Waals surface area contributed by atoms with Crippen LogP contribution in [0.15, 0.2) is 18.5 Å². The van der Waals surface area contributed by atoms with Gasteiger partial charge in [0.1, 0.15) is 5.54 Å². The minimum Gasteiger partial charge on any atom is -0.353 e. The van der Waals surface area contributed by atoms with E-state index in [0.29, 0.717) is 5.41 Å². The second kappa shape index (κ2) is 5.20. The van der Waals surface area contributed by atoms with Crippen LogP contribution < -0.4 is 10.6 Å². The first-order valence-corrected chi connectivity index (χ1v) is 7.64. The largest absolute Gasteiger partial charge is 0.353 e. The summed E-state index contributed by atoms with van der Waals surface area (Å²) < 4.78 is 1.85. The van der Waals surface area contributed by atoms with Crippen LogP contribution in [0.2, 0.25) is 0 Å². The van der Waals surface area contributed by atoms with Crippen molar-refractivity contribution in [2.45, 2.75) is 44.6 Å². The Bertz CT molecular complexity index is 458. The van der Waals surface area contributed by atoms with Crippen LogP contribution in [0, 0.1) is 5.41 Å². The molecule has 1 saturated carbocycles. The van der Waals surface area contributed by atoms with E-state index in [1.54, 1.807) is 6.20 Å². The lowest BCUT2D eigenvalue weighted by Crippen LogP contribution is -2.56. The van der Waals surface area contributed by atoms with E-state index in [1.807, 2.05) is 16.9 Å². The number of aromatic nitrogens is 2. The maximum absolute atomic E-state index is 12.8. The molecule has 2 N–H and O–H groups in total. The van der Waals surface area contributed by atoms with Gasteiger partial charge in [-0.1, -0.05) is 13.3 Å². The van der Waals surface area contributed by atoms with Crippen molar-refractivity contribution in [1.82, 2.24) is 20.4 Å². The molecule has 110 valence electrons. The fraction of sp³-hybridized carbons (Fsp3) is 0.733. The molecule has 0 aromatic carbocycles.